The molecule has 3 heteroatoms. The van der Waals surface area contributed by atoms with Gasteiger partial charge in [0.05, 0.1) is 5.69 Å². The Labute approximate surface area is 85.5 Å². The van der Waals surface area contributed by atoms with Crippen LogP contribution >= 0.6 is 0 Å². The van der Waals surface area contributed by atoms with E-state index in [4.69, 9.17) is 0 Å². The van der Waals surface area contributed by atoms with Gasteiger partial charge in [0.25, 0.3) is 0 Å². The van der Waals surface area contributed by atoms with Crippen molar-refractivity contribution >= 4 is 0 Å². The van der Waals surface area contributed by atoms with Crippen molar-refractivity contribution in [1.29, 1.82) is 0 Å². The molecule has 0 aromatic carbocycles. The van der Waals surface area contributed by atoms with Crippen LogP contribution in [0.4, 0.5) is 0 Å². The fourth-order valence-corrected chi connectivity index (χ4v) is 2.34. The molecule has 1 aromatic rings. The van der Waals surface area contributed by atoms with Crippen LogP contribution in [0.3, 0.4) is 0 Å². The Balaban J connectivity index is 2.22. The van der Waals surface area contributed by atoms with Gasteiger partial charge >= 0.3 is 0 Å². The van der Waals surface area contributed by atoms with Crippen LogP contribution < -0.4 is 5.32 Å². The average Bonchev–Trinajstić information content (AvgIpc) is 2.71. The fraction of sp³-hybridized carbons (Fsp3) is 0.727. The van der Waals surface area contributed by atoms with Crippen LogP contribution in [0.25, 0.3) is 0 Å². The second kappa shape index (κ2) is 3.73. The summed E-state index contributed by atoms with van der Waals surface area (Å²) in [5.74, 6) is 0.675. The average molecular weight is 193 g/mol. The van der Waals surface area contributed by atoms with Gasteiger partial charge in [0, 0.05) is 31.7 Å². The second-order valence-corrected chi connectivity index (χ2v) is 4.30. The molecule has 0 bridgehead atoms. The van der Waals surface area contributed by atoms with E-state index in [2.05, 4.69) is 30.5 Å². The molecule has 3 nitrogen and oxygen atoms in total. The van der Waals surface area contributed by atoms with Gasteiger partial charge in [-0.2, -0.15) is 5.10 Å². The molecule has 1 aliphatic heterocycles. The highest BCUT2D eigenvalue weighted by atomic mass is 15.3. The zero-order valence-corrected chi connectivity index (χ0v) is 9.25. The van der Waals surface area contributed by atoms with Crippen molar-refractivity contribution in [3.8, 4) is 0 Å². The normalized spacial score (nSPS) is 27.1. The van der Waals surface area contributed by atoms with Crippen LogP contribution in [-0.4, -0.2) is 22.4 Å². The predicted octanol–water partition coefficient (Wildman–Crippen LogP) is 1.45. The first-order valence-electron chi connectivity index (χ1n) is 5.46. The summed E-state index contributed by atoms with van der Waals surface area (Å²) in [4.78, 5) is 0. The summed E-state index contributed by atoms with van der Waals surface area (Å²) in [6.07, 6.45) is 4.48. The number of aryl methyl sites for hydroxylation is 2. The Morgan fingerprint density at radius 3 is 3.00 bits per heavy atom. The van der Waals surface area contributed by atoms with Gasteiger partial charge in [-0.15, -0.1) is 0 Å². The van der Waals surface area contributed by atoms with Crippen molar-refractivity contribution in [2.75, 3.05) is 6.54 Å². The maximum atomic E-state index is 4.49. The molecule has 2 rings (SSSR count). The van der Waals surface area contributed by atoms with E-state index in [1.165, 1.54) is 17.7 Å². The number of nitrogens with one attached hydrogen (secondary N) is 1. The maximum absolute atomic E-state index is 4.49. The molecule has 1 N–H and O–H groups in total. The van der Waals surface area contributed by atoms with Gasteiger partial charge in [0.15, 0.2) is 0 Å². The monoisotopic (exact) mass is 193 g/mol. The lowest BCUT2D eigenvalue weighted by Gasteiger charge is -2.07. The summed E-state index contributed by atoms with van der Waals surface area (Å²) in [7, 11) is 2.01. The fourth-order valence-electron chi connectivity index (χ4n) is 2.34. The minimum atomic E-state index is 0.657. The second-order valence-electron chi connectivity index (χ2n) is 4.30. The Hall–Kier alpha value is -0.830. The number of hydrogen-bond acceptors (Lipinski definition) is 2. The Kier molecular flexibility index (Phi) is 2.59. The molecule has 0 radical (unpaired) electrons. The molecule has 2 heterocycles. The minimum absolute atomic E-state index is 0.657. The van der Waals surface area contributed by atoms with Crippen LogP contribution in [0.1, 0.15) is 37.4 Å². The Bertz CT molecular complexity index is 316. The molecule has 1 saturated heterocycles. The van der Waals surface area contributed by atoms with E-state index in [-0.39, 0.29) is 0 Å². The van der Waals surface area contributed by atoms with Crippen molar-refractivity contribution in [3.05, 3.63) is 17.5 Å². The van der Waals surface area contributed by atoms with E-state index in [0.29, 0.717) is 12.0 Å². The molecular weight excluding hydrogens is 174 g/mol. The molecular formula is C11H19N3. The van der Waals surface area contributed by atoms with Crippen LogP contribution in [0.5, 0.6) is 0 Å². The highest BCUT2D eigenvalue weighted by Crippen LogP contribution is 2.27. The van der Waals surface area contributed by atoms with Crippen LogP contribution in [-0.2, 0) is 13.5 Å². The van der Waals surface area contributed by atoms with Crippen LogP contribution in [0.2, 0.25) is 0 Å². The SMILES string of the molecule is CCc1nn(C)cc1C1CNC(C)C1. The first-order chi connectivity index (χ1) is 6.70. The third kappa shape index (κ3) is 1.69. The smallest absolute Gasteiger partial charge is 0.0657 e. The van der Waals surface area contributed by atoms with E-state index >= 15 is 0 Å². The number of nitrogens with zero attached hydrogens (tertiary/aromatic N) is 2. The maximum Gasteiger partial charge on any atom is 0.0657 e. The third-order valence-corrected chi connectivity index (χ3v) is 3.06. The van der Waals surface area contributed by atoms with Gasteiger partial charge in [0.1, 0.15) is 0 Å². The van der Waals surface area contributed by atoms with Crippen molar-refractivity contribution in [1.82, 2.24) is 15.1 Å². The zero-order chi connectivity index (χ0) is 10.1. The molecule has 0 spiro atoms. The lowest BCUT2D eigenvalue weighted by Crippen LogP contribution is -2.16. The molecule has 1 aliphatic rings. The molecule has 14 heavy (non-hydrogen) atoms. The van der Waals surface area contributed by atoms with Crippen molar-refractivity contribution in [2.24, 2.45) is 7.05 Å². The Morgan fingerprint density at radius 2 is 2.43 bits per heavy atom. The highest BCUT2D eigenvalue weighted by Gasteiger charge is 2.25. The van der Waals surface area contributed by atoms with Crippen LogP contribution in [0.15, 0.2) is 6.20 Å². The Morgan fingerprint density at radius 1 is 1.64 bits per heavy atom. The van der Waals surface area contributed by atoms with E-state index in [0.717, 1.165) is 13.0 Å². The zero-order valence-electron chi connectivity index (χ0n) is 9.25. The lowest BCUT2D eigenvalue weighted by atomic mass is 9.96. The van der Waals surface area contributed by atoms with Gasteiger partial charge in [-0.05, 0) is 25.3 Å². The van der Waals surface area contributed by atoms with Gasteiger partial charge in [-0.1, -0.05) is 6.92 Å². The molecule has 0 saturated carbocycles. The van der Waals surface area contributed by atoms with Crippen molar-refractivity contribution < 1.29 is 0 Å². The summed E-state index contributed by atoms with van der Waals surface area (Å²) < 4.78 is 1.94. The molecule has 78 valence electrons. The largest absolute Gasteiger partial charge is 0.314 e. The number of hydrogen-bond donors (Lipinski definition) is 1. The van der Waals surface area contributed by atoms with Crippen LogP contribution in [0, 0.1) is 0 Å². The van der Waals surface area contributed by atoms with E-state index in [9.17, 15) is 0 Å². The molecule has 1 aromatic heterocycles. The first-order valence-corrected chi connectivity index (χ1v) is 5.46. The third-order valence-electron chi connectivity index (χ3n) is 3.06. The summed E-state index contributed by atoms with van der Waals surface area (Å²) in [6, 6.07) is 0.657. The van der Waals surface area contributed by atoms with Crippen molar-refractivity contribution in [2.45, 2.75) is 38.6 Å². The topological polar surface area (TPSA) is 29.9 Å². The quantitative estimate of drug-likeness (QED) is 0.770. The molecule has 2 unspecified atom stereocenters. The molecule has 2 atom stereocenters. The highest BCUT2D eigenvalue weighted by molar-refractivity contribution is 5.24. The lowest BCUT2D eigenvalue weighted by molar-refractivity contribution is 0.657. The minimum Gasteiger partial charge on any atom is -0.314 e. The van der Waals surface area contributed by atoms with Gasteiger partial charge in [-0.25, -0.2) is 0 Å². The summed E-state index contributed by atoms with van der Waals surface area (Å²) in [5, 5.41) is 7.98. The van der Waals surface area contributed by atoms with E-state index in [1.807, 2.05) is 11.7 Å². The summed E-state index contributed by atoms with van der Waals surface area (Å²) in [5.41, 5.74) is 2.72. The molecule has 1 fully saturated rings. The first kappa shape index (κ1) is 9.71. The summed E-state index contributed by atoms with van der Waals surface area (Å²) >= 11 is 0. The molecule has 0 aliphatic carbocycles. The van der Waals surface area contributed by atoms with E-state index < -0.39 is 0 Å². The van der Waals surface area contributed by atoms with Gasteiger partial charge in [0.2, 0.25) is 0 Å². The molecule has 0 amide bonds. The standard InChI is InChI=1S/C11H19N3/c1-4-11-10(7-14(3)13-11)9-5-8(2)12-6-9/h7-9,12H,4-6H2,1-3H3. The number of rotatable bonds is 2. The summed E-state index contributed by atoms with van der Waals surface area (Å²) in [6.45, 7) is 5.54. The van der Waals surface area contributed by atoms with Crippen molar-refractivity contribution in [3.63, 3.8) is 0 Å². The predicted molar refractivity (Wildman–Crippen MR) is 57.4 cm³/mol. The van der Waals surface area contributed by atoms with Gasteiger partial charge < -0.3 is 5.32 Å². The van der Waals surface area contributed by atoms with Gasteiger partial charge in [-0.3, -0.25) is 4.68 Å². The number of aromatic nitrogens is 2. The van der Waals surface area contributed by atoms with E-state index in [1.54, 1.807) is 0 Å².